The number of likely N-dealkylation sites (tertiary alicyclic amines) is 2. The number of hydrogen-bond donors (Lipinski definition) is 1. The van der Waals surface area contributed by atoms with E-state index in [9.17, 15) is 9.90 Å². The third kappa shape index (κ3) is 3.48. The fourth-order valence-corrected chi connectivity index (χ4v) is 4.42. The number of rotatable bonds is 3. The molecule has 1 amide bonds. The second-order valence-electron chi connectivity index (χ2n) is 7.63. The van der Waals surface area contributed by atoms with Crippen LogP contribution in [0.1, 0.15) is 25.7 Å². The van der Waals surface area contributed by atoms with Gasteiger partial charge in [-0.25, -0.2) is 4.98 Å². The molecule has 0 aliphatic carbocycles. The Morgan fingerprint density at radius 2 is 1.96 bits per heavy atom. The minimum Gasteiger partial charge on any atom is -0.389 e. The van der Waals surface area contributed by atoms with Gasteiger partial charge in [-0.05, 0) is 38.8 Å². The van der Waals surface area contributed by atoms with Gasteiger partial charge in [0.05, 0.1) is 18.3 Å². The number of anilines is 1. The standard InChI is InChI=1S/C18H27N5O2/c24-17(14-21-7-1-2-8-21)23-10-4-18(25)3-9-22(12-15(18)13-23)16-11-19-5-6-20-16/h5-6,11,15,25H,1-4,7-10,12-14H2/t15-,18-/m0/s1. The highest BCUT2D eigenvalue weighted by atomic mass is 16.3. The SMILES string of the molecule is O=C(CN1CCCC1)N1CC[C@@]2(O)CCN(c3cnccn3)C[C@H]2C1. The fraction of sp³-hybridized carbons (Fsp3) is 0.722. The molecule has 3 aliphatic heterocycles. The normalized spacial score (nSPS) is 30.4. The largest absolute Gasteiger partial charge is 0.389 e. The molecule has 3 aliphatic rings. The lowest BCUT2D eigenvalue weighted by atomic mass is 9.75. The summed E-state index contributed by atoms with van der Waals surface area (Å²) in [6, 6.07) is 0. The summed E-state index contributed by atoms with van der Waals surface area (Å²) in [5.74, 6) is 1.13. The quantitative estimate of drug-likeness (QED) is 0.853. The van der Waals surface area contributed by atoms with E-state index in [0.717, 1.165) is 38.4 Å². The minimum atomic E-state index is -0.650. The monoisotopic (exact) mass is 345 g/mol. The van der Waals surface area contributed by atoms with Gasteiger partial charge in [0.25, 0.3) is 0 Å². The Balaban J connectivity index is 1.41. The number of carbonyl (C=O) groups is 1. The predicted molar refractivity (Wildman–Crippen MR) is 94.2 cm³/mol. The Morgan fingerprint density at radius 3 is 2.72 bits per heavy atom. The van der Waals surface area contributed by atoms with Gasteiger partial charge in [-0.3, -0.25) is 14.7 Å². The van der Waals surface area contributed by atoms with Crippen LogP contribution in [0.4, 0.5) is 5.82 Å². The molecule has 1 aromatic heterocycles. The van der Waals surface area contributed by atoms with Gasteiger partial charge in [0, 0.05) is 44.5 Å². The van der Waals surface area contributed by atoms with Gasteiger partial charge in [-0.15, -0.1) is 0 Å². The highest BCUT2D eigenvalue weighted by molar-refractivity contribution is 5.78. The van der Waals surface area contributed by atoms with Gasteiger partial charge >= 0.3 is 0 Å². The second-order valence-corrected chi connectivity index (χ2v) is 7.63. The lowest BCUT2D eigenvalue weighted by Crippen LogP contribution is -2.61. The molecule has 2 atom stereocenters. The predicted octanol–water partition coefficient (Wildman–Crippen LogP) is 0.362. The number of aliphatic hydroxyl groups is 1. The van der Waals surface area contributed by atoms with Crippen molar-refractivity contribution in [3.8, 4) is 0 Å². The number of nitrogens with zero attached hydrogens (tertiary/aromatic N) is 5. The van der Waals surface area contributed by atoms with Crippen molar-refractivity contribution < 1.29 is 9.90 Å². The van der Waals surface area contributed by atoms with Crippen LogP contribution >= 0.6 is 0 Å². The molecule has 0 radical (unpaired) electrons. The molecule has 0 aromatic carbocycles. The molecular weight excluding hydrogens is 318 g/mol. The zero-order chi connectivity index (χ0) is 17.3. The van der Waals surface area contributed by atoms with Crippen LogP contribution in [0.3, 0.4) is 0 Å². The molecule has 0 spiro atoms. The summed E-state index contributed by atoms with van der Waals surface area (Å²) in [5, 5.41) is 11.0. The molecule has 0 unspecified atom stereocenters. The number of piperidine rings is 2. The Morgan fingerprint density at radius 1 is 1.16 bits per heavy atom. The lowest BCUT2D eigenvalue weighted by Gasteiger charge is -2.50. The van der Waals surface area contributed by atoms with Crippen molar-refractivity contribution in [2.24, 2.45) is 5.92 Å². The summed E-state index contributed by atoms with van der Waals surface area (Å²) < 4.78 is 0. The molecule has 3 saturated heterocycles. The van der Waals surface area contributed by atoms with Crippen molar-refractivity contribution in [1.82, 2.24) is 19.8 Å². The van der Waals surface area contributed by atoms with Crippen molar-refractivity contribution in [3.05, 3.63) is 18.6 Å². The van der Waals surface area contributed by atoms with E-state index >= 15 is 0 Å². The van der Waals surface area contributed by atoms with Gasteiger partial charge in [0.1, 0.15) is 5.82 Å². The average Bonchev–Trinajstić information content (AvgIpc) is 3.14. The molecule has 7 heteroatoms. The first-order valence-corrected chi connectivity index (χ1v) is 9.37. The van der Waals surface area contributed by atoms with E-state index in [-0.39, 0.29) is 11.8 Å². The summed E-state index contributed by atoms with van der Waals surface area (Å²) in [4.78, 5) is 27.6. The summed E-state index contributed by atoms with van der Waals surface area (Å²) in [5.41, 5.74) is -0.650. The van der Waals surface area contributed by atoms with Crippen LogP contribution in [0, 0.1) is 5.92 Å². The van der Waals surface area contributed by atoms with Gasteiger partial charge in [0.2, 0.25) is 5.91 Å². The molecule has 1 aromatic rings. The highest BCUT2D eigenvalue weighted by Gasteiger charge is 2.46. The van der Waals surface area contributed by atoms with Crippen LogP contribution in [0.15, 0.2) is 18.6 Å². The molecule has 0 bridgehead atoms. The molecule has 3 fully saturated rings. The number of carbonyl (C=O) groups excluding carboxylic acids is 1. The van der Waals surface area contributed by atoms with E-state index < -0.39 is 5.60 Å². The molecule has 25 heavy (non-hydrogen) atoms. The molecule has 7 nitrogen and oxygen atoms in total. The third-order valence-electron chi connectivity index (χ3n) is 6.05. The Kier molecular flexibility index (Phi) is 4.60. The van der Waals surface area contributed by atoms with E-state index in [2.05, 4.69) is 19.8 Å². The third-order valence-corrected chi connectivity index (χ3v) is 6.05. The van der Waals surface area contributed by atoms with Gasteiger partial charge in [-0.1, -0.05) is 0 Å². The number of amides is 1. The van der Waals surface area contributed by atoms with E-state index in [4.69, 9.17) is 0 Å². The molecule has 136 valence electrons. The fourth-order valence-electron chi connectivity index (χ4n) is 4.42. The zero-order valence-corrected chi connectivity index (χ0v) is 14.7. The average molecular weight is 345 g/mol. The first-order valence-electron chi connectivity index (χ1n) is 9.37. The highest BCUT2D eigenvalue weighted by Crippen LogP contribution is 2.36. The summed E-state index contributed by atoms with van der Waals surface area (Å²) in [6.07, 6.45) is 8.93. The molecular formula is C18H27N5O2. The van der Waals surface area contributed by atoms with Gasteiger partial charge in [0.15, 0.2) is 0 Å². The van der Waals surface area contributed by atoms with Crippen LogP contribution in [0.25, 0.3) is 0 Å². The Hall–Kier alpha value is -1.73. The minimum absolute atomic E-state index is 0.0690. The Labute approximate surface area is 148 Å². The first-order chi connectivity index (χ1) is 12.1. The zero-order valence-electron chi connectivity index (χ0n) is 14.7. The van der Waals surface area contributed by atoms with E-state index in [1.807, 2.05) is 4.90 Å². The van der Waals surface area contributed by atoms with Crippen molar-refractivity contribution in [2.75, 3.05) is 50.7 Å². The lowest BCUT2D eigenvalue weighted by molar-refractivity contribution is -0.142. The maximum Gasteiger partial charge on any atom is 0.236 e. The van der Waals surface area contributed by atoms with Crippen LogP contribution in [0.5, 0.6) is 0 Å². The molecule has 4 rings (SSSR count). The maximum absolute atomic E-state index is 12.7. The first kappa shape index (κ1) is 16.7. The number of aromatic nitrogens is 2. The van der Waals surface area contributed by atoms with Gasteiger partial charge in [-0.2, -0.15) is 0 Å². The molecule has 4 heterocycles. The molecule has 1 N–H and O–H groups in total. The smallest absolute Gasteiger partial charge is 0.236 e. The van der Waals surface area contributed by atoms with Crippen LogP contribution in [-0.2, 0) is 4.79 Å². The van der Waals surface area contributed by atoms with Gasteiger partial charge < -0.3 is 14.9 Å². The summed E-state index contributed by atoms with van der Waals surface area (Å²) >= 11 is 0. The number of fused-ring (bicyclic) bond motifs is 1. The second kappa shape index (κ2) is 6.88. The summed E-state index contributed by atoms with van der Waals surface area (Å²) in [6.45, 7) is 5.42. The number of hydrogen-bond acceptors (Lipinski definition) is 6. The van der Waals surface area contributed by atoms with E-state index in [1.54, 1.807) is 18.6 Å². The van der Waals surface area contributed by atoms with Crippen molar-refractivity contribution in [2.45, 2.75) is 31.3 Å². The van der Waals surface area contributed by atoms with Crippen LogP contribution < -0.4 is 4.90 Å². The van der Waals surface area contributed by atoms with Crippen molar-refractivity contribution >= 4 is 11.7 Å². The van der Waals surface area contributed by atoms with Crippen LogP contribution in [-0.4, -0.2) is 82.2 Å². The van der Waals surface area contributed by atoms with E-state index in [0.29, 0.717) is 26.1 Å². The van der Waals surface area contributed by atoms with Crippen molar-refractivity contribution in [3.63, 3.8) is 0 Å². The Bertz CT molecular complexity index is 607. The van der Waals surface area contributed by atoms with E-state index in [1.165, 1.54) is 12.8 Å². The maximum atomic E-state index is 12.7. The van der Waals surface area contributed by atoms with Crippen molar-refractivity contribution in [1.29, 1.82) is 0 Å². The molecule has 0 saturated carbocycles. The van der Waals surface area contributed by atoms with Crippen LogP contribution in [0.2, 0.25) is 0 Å². The topological polar surface area (TPSA) is 72.8 Å². The summed E-state index contributed by atoms with van der Waals surface area (Å²) in [7, 11) is 0.